The number of benzene rings is 1. The van der Waals surface area contributed by atoms with Gasteiger partial charge in [-0.05, 0) is 19.1 Å². The zero-order valence-corrected chi connectivity index (χ0v) is 10.6. The largest absolute Gasteiger partial charge is 0.328 e. The van der Waals surface area contributed by atoms with Crippen LogP contribution in [0.15, 0.2) is 24.3 Å². The lowest BCUT2D eigenvalue weighted by molar-refractivity contribution is -0.119. The van der Waals surface area contributed by atoms with Gasteiger partial charge in [0.05, 0.1) is 0 Å². The Morgan fingerprint density at radius 1 is 1.29 bits per heavy atom. The quantitative estimate of drug-likeness (QED) is 0.842. The van der Waals surface area contributed by atoms with Gasteiger partial charge in [0, 0.05) is 25.0 Å². The summed E-state index contributed by atoms with van der Waals surface area (Å²) in [6.07, 6.45) is 0.134. The highest BCUT2D eigenvalue weighted by atomic mass is 35.5. The predicted molar refractivity (Wildman–Crippen MR) is 68.5 cm³/mol. The van der Waals surface area contributed by atoms with Crippen LogP contribution in [-0.4, -0.2) is 24.9 Å². The lowest BCUT2D eigenvalue weighted by atomic mass is 10.2. The monoisotopic (exact) mass is 254 g/mol. The van der Waals surface area contributed by atoms with Crippen LogP contribution in [0, 0.1) is 6.92 Å². The Morgan fingerprint density at radius 2 is 1.88 bits per heavy atom. The van der Waals surface area contributed by atoms with Crippen LogP contribution >= 0.6 is 11.6 Å². The van der Waals surface area contributed by atoms with Crippen molar-refractivity contribution in [3.63, 3.8) is 0 Å². The number of alkyl halides is 1. The number of aryl methyl sites for hydroxylation is 1. The third kappa shape index (κ3) is 4.07. The number of hydrogen-bond acceptors (Lipinski definition) is 2. The Kier molecular flexibility index (Phi) is 4.97. The molecule has 1 aromatic rings. The molecule has 0 fully saturated rings. The molecule has 1 rings (SSSR count). The number of carbonyl (C=O) groups excluding carboxylic acids is 2. The van der Waals surface area contributed by atoms with E-state index < -0.39 is 6.03 Å². The standard InChI is InChI=1S/C12H15ClN2O2/c1-9-3-5-10(6-4-9)15(2)12(17)14-11(16)7-8-13/h3-6H,7-8H2,1-2H3,(H,14,16,17). The van der Waals surface area contributed by atoms with Gasteiger partial charge in [0.15, 0.2) is 0 Å². The van der Waals surface area contributed by atoms with E-state index in [9.17, 15) is 9.59 Å². The summed E-state index contributed by atoms with van der Waals surface area (Å²) >= 11 is 5.41. The normalized spacial score (nSPS) is 9.82. The molecular weight excluding hydrogens is 240 g/mol. The molecule has 1 aromatic carbocycles. The highest BCUT2D eigenvalue weighted by molar-refractivity contribution is 6.19. The molecule has 0 aromatic heterocycles. The first-order chi connectivity index (χ1) is 8.04. The molecule has 0 atom stereocenters. The molecule has 0 unspecified atom stereocenters. The second-order valence-electron chi connectivity index (χ2n) is 3.69. The van der Waals surface area contributed by atoms with Crippen molar-refractivity contribution < 1.29 is 9.59 Å². The molecule has 3 amide bonds. The Morgan fingerprint density at radius 3 is 2.41 bits per heavy atom. The van der Waals surface area contributed by atoms with E-state index >= 15 is 0 Å². The van der Waals surface area contributed by atoms with Crippen LogP contribution in [0.2, 0.25) is 0 Å². The van der Waals surface area contributed by atoms with Gasteiger partial charge in [-0.25, -0.2) is 4.79 Å². The number of urea groups is 1. The van der Waals surface area contributed by atoms with Crippen LogP contribution < -0.4 is 10.2 Å². The fourth-order valence-electron chi connectivity index (χ4n) is 1.24. The third-order valence-corrected chi connectivity index (χ3v) is 2.48. The van der Waals surface area contributed by atoms with Crippen LogP contribution in [0.1, 0.15) is 12.0 Å². The van der Waals surface area contributed by atoms with Crippen molar-refractivity contribution in [2.24, 2.45) is 0 Å². The minimum Gasteiger partial charge on any atom is -0.297 e. The van der Waals surface area contributed by atoms with Crippen molar-refractivity contribution in [2.45, 2.75) is 13.3 Å². The van der Waals surface area contributed by atoms with Crippen molar-refractivity contribution in [1.82, 2.24) is 5.32 Å². The number of anilines is 1. The minimum absolute atomic E-state index is 0.134. The maximum absolute atomic E-state index is 11.7. The average molecular weight is 255 g/mol. The smallest absolute Gasteiger partial charge is 0.297 e. The lowest BCUT2D eigenvalue weighted by Gasteiger charge is -2.17. The van der Waals surface area contributed by atoms with Gasteiger partial charge in [0.2, 0.25) is 5.91 Å². The molecule has 0 saturated heterocycles. The Hall–Kier alpha value is -1.55. The molecule has 0 spiro atoms. The minimum atomic E-state index is -0.455. The number of hydrogen-bond donors (Lipinski definition) is 1. The Bertz CT molecular complexity index is 403. The lowest BCUT2D eigenvalue weighted by Crippen LogP contribution is -2.40. The third-order valence-electron chi connectivity index (χ3n) is 2.29. The fourth-order valence-corrected chi connectivity index (χ4v) is 1.41. The summed E-state index contributed by atoms with van der Waals surface area (Å²) in [5.74, 6) is -0.170. The van der Waals surface area contributed by atoms with Gasteiger partial charge in [-0.1, -0.05) is 17.7 Å². The van der Waals surface area contributed by atoms with Gasteiger partial charge in [-0.2, -0.15) is 0 Å². The van der Waals surface area contributed by atoms with E-state index in [1.54, 1.807) is 7.05 Å². The summed E-state index contributed by atoms with van der Waals surface area (Å²) in [6, 6.07) is 6.99. The molecule has 1 N–H and O–H groups in total. The number of nitrogens with zero attached hydrogens (tertiary/aromatic N) is 1. The van der Waals surface area contributed by atoms with Gasteiger partial charge < -0.3 is 0 Å². The molecule has 0 heterocycles. The van der Waals surface area contributed by atoms with E-state index in [0.29, 0.717) is 0 Å². The molecule has 0 bridgehead atoms. The predicted octanol–water partition coefficient (Wildman–Crippen LogP) is 2.30. The zero-order valence-electron chi connectivity index (χ0n) is 9.87. The van der Waals surface area contributed by atoms with Gasteiger partial charge in [-0.3, -0.25) is 15.0 Å². The summed E-state index contributed by atoms with van der Waals surface area (Å²) in [6.45, 7) is 1.97. The zero-order chi connectivity index (χ0) is 12.8. The molecule has 0 aliphatic heterocycles. The number of amides is 3. The van der Waals surface area contributed by atoms with Crippen LogP contribution in [0.5, 0.6) is 0 Å². The highest BCUT2D eigenvalue weighted by Crippen LogP contribution is 2.13. The van der Waals surface area contributed by atoms with Gasteiger partial charge >= 0.3 is 6.03 Å². The SMILES string of the molecule is Cc1ccc(N(C)C(=O)NC(=O)CCCl)cc1. The van der Waals surface area contributed by atoms with Gasteiger partial charge in [0.25, 0.3) is 0 Å². The highest BCUT2D eigenvalue weighted by Gasteiger charge is 2.13. The Labute approximate surface area is 106 Å². The van der Waals surface area contributed by atoms with E-state index in [2.05, 4.69) is 5.32 Å². The molecule has 92 valence electrons. The van der Waals surface area contributed by atoms with Crippen molar-refractivity contribution in [2.75, 3.05) is 17.8 Å². The molecular formula is C12H15ClN2O2. The van der Waals surface area contributed by atoms with E-state index in [-0.39, 0.29) is 18.2 Å². The van der Waals surface area contributed by atoms with E-state index in [0.717, 1.165) is 11.3 Å². The van der Waals surface area contributed by atoms with Crippen LogP contribution in [0.25, 0.3) is 0 Å². The van der Waals surface area contributed by atoms with Crippen LogP contribution in [0.3, 0.4) is 0 Å². The molecule has 0 saturated carbocycles. The van der Waals surface area contributed by atoms with E-state index in [1.807, 2.05) is 31.2 Å². The fraction of sp³-hybridized carbons (Fsp3) is 0.333. The number of nitrogens with one attached hydrogen (secondary N) is 1. The summed E-state index contributed by atoms with van der Waals surface area (Å²) in [4.78, 5) is 24.2. The summed E-state index contributed by atoms with van der Waals surface area (Å²) in [7, 11) is 1.61. The molecule has 0 radical (unpaired) electrons. The first-order valence-electron chi connectivity index (χ1n) is 5.24. The van der Waals surface area contributed by atoms with E-state index in [4.69, 9.17) is 11.6 Å². The summed E-state index contributed by atoms with van der Waals surface area (Å²) in [5, 5.41) is 2.26. The maximum Gasteiger partial charge on any atom is 0.328 e. The summed E-state index contributed by atoms with van der Waals surface area (Å²) in [5.41, 5.74) is 1.84. The summed E-state index contributed by atoms with van der Waals surface area (Å²) < 4.78 is 0. The number of halogens is 1. The van der Waals surface area contributed by atoms with Crippen molar-refractivity contribution in [3.05, 3.63) is 29.8 Å². The van der Waals surface area contributed by atoms with Crippen molar-refractivity contribution in [1.29, 1.82) is 0 Å². The van der Waals surface area contributed by atoms with E-state index in [1.165, 1.54) is 4.90 Å². The molecule has 0 aliphatic rings. The van der Waals surface area contributed by atoms with Gasteiger partial charge in [0.1, 0.15) is 0 Å². The topological polar surface area (TPSA) is 49.4 Å². The second kappa shape index (κ2) is 6.25. The molecule has 5 heteroatoms. The average Bonchev–Trinajstić information content (AvgIpc) is 2.29. The van der Waals surface area contributed by atoms with Gasteiger partial charge in [-0.15, -0.1) is 11.6 Å². The van der Waals surface area contributed by atoms with Crippen LogP contribution in [0.4, 0.5) is 10.5 Å². The number of rotatable bonds is 3. The molecule has 0 aliphatic carbocycles. The van der Waals surface area contributed by atoms with Crippen molar-refractivity contribution in [3.8, 4) is 0 Å². The first kappa shape index (κ1) is 13.5. The molecule has 17 heavy (non-hydrogen) atoms. The Balaban J connectivity index is 2.63. The number of carbonyl (C=O) groups is 2. The maximum atomic E-state index is 11.7. The van der Waals surface area contributed by atoms with Crippen LogP contribution in [-0.2, 0) is 4.79 Å². The van der Waals surface area contributed by atoms with Crippen molar-refractivity contribution >= 4 is 29.2 Å². The molecule has 4 nitrogen and oxygen atoms in total. The number of imide groups is 1. The second-order valence-corrected chi connectivity index (χ2v) is 4.06. The first-order valence-corrected chi connectivity index (χ1v) is 5.78.